The van der Waals surface area contributed by atoms with Gasteiger partial charge in [-0.15, -0.1) is 10.2 Å². The molecule has 0 spiro atoms. The van der Waals surface area contributed by atoms with Crippen LogP contribution in [0.4, 0.5) is 10.5 Å². The Balaban J connectivity index is 1.56. The van der Waals surface area contributed by atoms with Crippen LogP contribution in [0.2, 0.25) is 10.0 Å². The van der Waals surface area contributed by atoms with Gasteiger partial charge < -0.3 is 20.1 Å². The summed E-state index contributed by atoms with van der Waals surface area (Å²) >= 11 is 14.3. The van der Waals surface area contributed by atoms with Gasteiger partial charge in [0.15, 0.2) is 11.0 Å². The molecular weight excluding hydrogens is 533 g/mol. The lowest BCUT2D eigenvalue weighted by Gasteiger charge is -2.14. The van der Waals surface area contributed by atoms with Gasteiger partial charge in [-0.3, -0.25) is 4.57 Å². The van der Waals surface area contributed by atoms with Gasteiger partial charge in [0, 0.05) is 34.7 Å². The maximum Gasteiger partial charge on any atom is 0.319 e. The highest BCUT2D eigenvalue weighted by molar-refractivity contribution is 7.98. The van der Waals surface area contributed by atoms with Crippen LogP contribution in [0.3, 0.4) is 0 Å². The quantitative estimate of drug-likeness (QED) is 0.228. The number of amides is 2. The second-order valence-corrected chi connectivity index (χ2v) is 9.74. The second-order valence-electron chi connectivity index (χ2n) is 7.95. The fourth-order valence-corrected chi connectivity index (χ4v) is 4.94. The van der Waals surface area contributed by atoms with E-state index in [-0.39, 0.29) is 6.54 Å². The molecule has 3 aromatic carbocycles. The number of carbonyl (C=O) groups excluding carboxylic acids is 1. The summed E-state index contributed by atoms with van der Waals surface area (Å²) in [5.74, 6) is 2.30. The molecule has 0 aliphatic carbocycles. The van der Waals surface area contributed by atoms with Crippen LogP contribution in [0.25, 0.3) is 5.69 Å². The smallest absolute Gasteiger partial charge is 0.319 e. The first-order chi connectivity index (χ1) is 17.9. The molecule has 4 rings (SSSR count). The number of thioether (sulfide) groups is 1. The van der Waals surface area contributed by atoms with Gasteiger partial charge in [0.05, 0.1) is 31.5 Å². The van der Waals surface area contributed by atoms with Crippen LogP contribution in [0.1, 0.15) is 17.0 Å². The number of aryl methyl sites for hydroxylation is 1. The molecule has 1 aromatic heterocycles. The van der Waals surface area contributed by atoms with Crippen LogP contribution in [0.5, 0.6) is 11.5 Å². The van der Waals surface area contributed by atoms with Crippen LogP contribution < -0.4 is 20.1 Å². The third-order valence-electron chi connectivity index (χ3n) is 5.48. The van der Waals surface area contributed by atoms with E-state index in [9.17, 15) is 4.79 Å². The normalized spacial score (nSPS) is 10.7. The first-order valence-corrected chi connectivity index (χ1v) is 13.0. The van der Waals surface area contributed by atoms with Crippen LogP contribution in [0.15, 0.2) is 65.8 Å². The summed E-state index contributed by atoms with van der Waals surface area (Å²) in [7, 11) is 3.09. The molecule has 8 nitrogen and oxygen atoms in total. The lowest BCUT2D eigenvalue weighted by Crippen LogP contribution is -2.29. The topological polar surface area (TPSA) is 90.3 Å². The standard InChI is InChI=1S/C26H25Cl2N5O3S/c1-16-6-4-5-7-17(16)15-37-26-32-31-24(33(26)23-10-18(27)8-9-22(23)28)14-29-25(34)30-19-11-20(35-2)13-21(12-19)36-3/h4-13H,14-15H2,1-3H3,(H2,29,30,34). The second kappa shape index (κ2) is 12.2. The predicted molar refractivity (Wildman–Crippen MR) is 148 cm³/mol. The van der Waals surface area contributed by atoms with Crippen LogP contribution >= 0.6 is 35.0 Å². The molecule has 37 heavy (non-hydrogen) atoms. The number of hydrogen-bond acceptors (Lipinski definition) is 6. The molecule has 1 heterocycles. The molecule has 0 saturated heterocycles. The van der Waals surface area contributed by atoms with Gasteiger partial charge in [-0.05, 0) is 36.2 Å². The van der Waals surface area contributed by atoms with Gasteiger partial charge in [-0.2, -0.15) is 0 Å². The monoisotopic (exact) mass is 557 g/mol. The predicted octanol–water partition coefficient (Wildman–Crippen LogP) is 6.51. The number of carbonyl (C=O) groups is 1. The zero-order valence-corrected chi connectivity index (χ0v) is 22.7. The maximum atomic E-state index is 12.7. The van der Waals surface area contributed by atoms with Crippen molar-refractivity contribution in [1.82, 2.24) is 20.1 Å². The van der Waals surface area contributed by atoms with E-state index in [2.05, 4.69) is 39.9 Å². The van der Waals surface area contributed by atoms with E-state index in [1.807, 2.05) is 16.7 Å². The Morgan fingerprint density at radius 2 is 1.73 bits per heavy atom. The fraction of sp³-hybridized carbons (Fsp3) is 0.192. The van der Waals surface area contributed by atoms with Gasteiger partial charge in [-0.1, -0.05) is 59.2 Å². The zero-order chi connectivity index (χ0) is 26.4. The minimum atomic E-state index is -0.434. The number of urea groups is 1. The first-order valence-electron chi connectivity index (χ1n) is 11.2. The van der Waals surface area contributed by atoms with Crippen molar-refractivity contribution in [1.29, 1.82) is 0 Å². The summed E-state index contributed by atoms with van der Waals surface area (Å²) in [6.07, 6.45) is 0. The molecule has 4 aromatic rings. The molecule has 2 amide bonds. The molecule has 192 valence electrons. The minimum Gasteiger partial charge on any atom is -0.497 e. The number of benzene rings is 3. The van der Waals surface area contributed by atoms with Gasteiger partial charge in [-0.25, -0.2) is 4.79 Å². The highest BCUT2D eigenvalue weighted by atomic mass is 35.5. The molecule has 0 aliphatic rings. The largest absolute Gasteiger partial charge is 0.497 e. The Kier molecular flexibility index (Phi) is 8.81. The molecule has 0 atom stereocenters. The van der Waals surface area contributed by atoms with E-state index in [0.29, 0.717) is 49.7 Å². The van der Waals surface area contributed by atoms with E-state index in [1.54, 1.807) is 50.6 Å². The van der Waals surface area contributed by atoms with Crippen molar-refractivity contribution in [3.63, 3.8) is 0 Å². The molecule has 2 N–H and O–H groups in total. The van der Waals surface area contributed by atoms with Gasteiger partial charge in [0.2, 0.25) is 0 Å². The number of nitrogens with zero attached hydrogens (tertiary/aromatic N) is 3. The summed E-state index contributed by atoms with van der Waals surface area (Å²) in [5.41, 5.74) is 3.52. The van der Waals surface area contributed by atoms with Crippen LogP contribution in [-0.2, 0) is 12.3 Å². The summed E-state index contributed by atoms with van der Waals surface area (Å²) in [6.45, 7) is 2.16. The summed E-state index contributed by atoms with van der Waals surface area (Å²) < 4.78 is 12.3. The highest BCUT2D eigenvalue weighted by Crippen LogP contribution is 2.31. The fourth-order valence-electron chi connectivity index (χ4n) is 3.54. The first kappa shape index (κ1) is 26.7. The molecule has 0 unspecified atom stereocenters. The van der Waals surface area contributed by atoms with E-state index >= 15 is 0 Å². The summed E-state index contributed by atoms with van der Waals surface area (Å²) in [5, 5.41) is 16.0. The van der Waals surface area contributed by atoms with Crippen LogP contribution in [-0.4, -0.2) is 35.0 Å². The molecule has 0 bridgehead atoms. The average molecular weight is 558 g/mol. The third-order valence-corrected chi connectivity index (χ3v) is 7.02. The Morgan fingerprint density at radius 3 is 2.43 bits per heavy atom. The van der Waals surface area contributed by atoms with E-state index in [0.717, 1.165) is 0 Å². The van der Waals surface area contributed by atoms with Crippen molar-refractivity contribution in [2.45, 2.75) is 24.4 Å². The van der Waals surface area contributed by atoms with E-state index < -0.39 is 6.03 Å². The average Bonchev–Trinajstić information content (AvgIpc) is 3.30. The molecule has 0 aliphatic heterocycles. The number of anilines is 1. The maximum absolute atomic E-state index is 12.7. The van der Waals surface area contributed by atoms with Crippen molar-refractivity contribution in [2.75, 3.05) is 19.5 Å². The summed E-state index contributed by atoms with van der Waals surface area (Å²) in [4.78, 5) is 12.7. The lowest BCUT2D eigenvalue weighted by atomic mass is 10.1. The lowest BCUT2D eigenvalue weighted by molar-refractivity contribution is 0.251. The summed E-state index contributed by atoms with van der Waals surface area (Å²) in [6, 6.07) is 18.0. The number of halogens is 2. The SMILES string of the molecule is COc1cc(NC(=O)NCc2nnc(SCc3ccccc3C)n2-c2cc(Cl)ccc2Cl)cc(OC)c1. The Labute approximate surface area is 229 Å². The number of aromatic nitrogens is 3. The van der Waals surface area contributed by atoms with Gasteiger partial charge in [0.1, 0.15) is 11.5 Å². The van der Waals surface area contributed by atoms with E-state index in [4.69, 9.17) is 32.7 Å². The van der Waals surface area contributed by atoms with Crippen molar-refractivity contribution in [3.8, 4) is 17.2 Å². The molecule has 11 heteroatoms. The molecule has 0 saturated carbocycles. The van der Waals surface area contributed by atoms with Crippen molar-refractivity contribution >= 4 is 46.7 Å². The van der Waals surface area contributed by atoms with E-state index in [1.165, 1.54) is 22.9 Å². The Morgan fingerprint density at radius 1 is 1.00 bits per heavy atom. The van der Waals surface area contributed by atoms with Gasteiger partial charge >= 0.3 is 6.03 Å². The number of rotatable bonds is 9. The van der Waals surface area contributed by atoms with Crippen molar-refractivity contribution < 1.29 is 14.3 Å². The number of methoxy groups -OCH3 is 2. The number of ether oxygens (including phenoxy) is 2. The Bertz CT molecular complexity index is 1390. The number of nitrogens with one attached hydrogen (secondary N) is 2. The van der Waals surface area contributed by atoms with Crippen LogP contribution in [0, 0.1) is 6.92 Å². The molecule has 0 fully saturated rings. The van der Waals surface area contributed by atoms with Crippen molar-refractivity contribution in [3.05, 3.63) is 87.7 Å². The van der Waals surface area contributed by atoms with Crippen molar-refractivity contribution in [2.24, 2.45) is 0 Å². The minimum absolute atomic E-state index is 0.0910. The van der Waals surface area contributed by atoms with Gasteiger partial charge in [0.25, 0.3) is 0 Å². The Hall–Kier alpha value is -3.40. The third kappa shape index (κ3) is 6.68. The number of hydrogen-bond donors (Lipinski definition) is 2. The molecule has 0 radical (unpaired) electrons. The zero-order valence-electron chi connectivity index (χ0n) is 20.4. The highest BCUT2D eigenvalue weighted by Gasteiger charge is 2.18. The molecular formula is C26H25Cl2N5O3S.